The minimum Gasteiger partial charge on any atom is -0.324 e. The van der Waals surface area contributed by atoms with Gasteiger partial charge in [-0.25, -0.2) is 0 Å². The summed E-state index contributed by atoms with van der Waals surface area (Å²) < 4.78 is 1.70. The summed E-state index contributed by atoms with van der Waals surface area (Å²) in [5.74, 6) is 1.08. The number of nitrogens with zero attached hydrogens (tertiary/aromatic N) is 1. The fourth-order valence-corrected chi connectivity index (χ4v) is 4.67. The van der Waals surface area contributed by atoms with Crippen LogP contribution in [0.3, 0.4) is 0 Å². The van der Waals surface area contributed by atoms with Gasteiger partial charge in [0.1, 0.15) is 6.04 Å². The van der Waals surface area contributed by atoms with Gasteiger partial charge >= 0.3 is 0 Å². The Morgan fingerprint density at radius 3 is 2.70 bits per heavy atom. The highest BCUT2D eigenvalue weighted by Crippen LogP contribution is 2.48. The van der Waals surface area contributed by atoms with Gasteiger partial charge in [-0.2, -0.15) is 0 Å². The summed E-state index contributed by atoms with van der Waals surface area (Å²) >= 11 is 1.64. The first kappa shape index (κ1) is 14.6. The van der Waals surface area contributed by atoms with Gasteiger partial charge in [-0.05, 0) is 48.9 Å². The van der Waals surface area contributed by atoms with Crippen molar-refractivity contribution >= 4 is 23.4 Å². The maximum absolute atomic E-state index is 12.6. The number of para-hydroxylation sites is 1. The Labute approximate surface area is 138 Å². The van der Waals surface area contributed by atoms with E-state index in [4.69, 9.17) is 0 Å². The van der Waals surface area contributed by atoms with Gasteiger partial charge in [-0.1, -0.05) is 18.2 Å². The Kier molecular flexibility index (Phi) is 3.53. The first-order chi connectivity index (χ1) is 11.1. The van der Waals surface area contributed by atoms with Crippen molar-refractivity contribution in [2.75, 3.05) is 11.1 Å². The minimum absolute atomic E-state index is 0.0693. The molecule has 2 heterocycles. The van der Waals surface area contributed by atoms with Crippen LogP contribution in [0.5, 0.6) is 0 Å². The van der Waals surface area contributed by atoms with E-state index in [-0.39, 0.29) is 11.5 Å². The topological polar surface area (TPSA) is 51.1 Å². The molecule has 5 heteroatoms. The molecule has 0 bridgehead atoms. The molecule has 0 radical (unpaired) electrons. The van der Waals surface area contributed by atoms with Gasteiger partial charge in [0.15, 0.2) is 0 Å². The zero-order chi connectivity index (χ0) is 16.0. The molecule has 1 aromatic heterocycles. The molecule has 1 amide bonds. The largest absolute Gasteiger partial charge is 0.324 e. The molecular weight excluding hydrogens is 308 g/mol. The van der Waals surface area contributed by atoms with Gasteiger partial charge in [0.05, 0.1) is 5.03 Å². The van der Waals surface area contributed by atoms with Crippen molar-refractivity contribution in [3.63, 3.8) is 0 Å². The molecule has 1 N–H and O–H groups in total. The first-order valence-corrected chi connectivity index (χ1v) is 8.88. The van der Waals surface area contributed by atoms with Crippen LogP contribution in [0.25, 0.3) is 0 Å². The van der Waals surface area contributed by atoms with Gasteiger partial charge < -0.3 is 5.32 Å². The number of hydrogen-bond acceptors (Lipinski definition) is 3. The van der Waals surface area contributed by atoms with Crippen LogP contribution in [0.4, 0.5) is 5.69 Å². The maximum Gasteiger partial charge on any atom is 0.252 e. The molecule has 4 rings (SSSR count). The molecule has 4 nitrogen and oxygen atoms in total. The van der Waals surface area contributed by atoms with Gasteiger partial charge in [0.2, 0.25) is 5.91 Å². The summed E-state index contributed by atoms with van der Waals surface area (Å²) in [6, 6.07) is 10.6. The molecule has 1 saturated carbocycles. The molecule has 0 spiro atoms. The SMILES string of the molecule is Cc1cc(=O)n2c(c1C1CC1)SCC2C(=O)Nc1ccccc1. The third-order valence-corrected chi connectivity index (χ3v) is 5.64. The highest BCUT2D eigenvalue weighted by Gasteiger charge is 2.36. The highest BCUT2D eigenvalue weighted by atomic mass is 32.2. The quantitative estimate of drug-likeness (QED) is 0.941. The number of amides is 1. The van der Waals surface area contributed by atoms with Crippen molar-refractivity contribution in [2.24, 2.45) is 0 Å². The van der Waals surface area contributed by atoms with Crippen molar-refractivity contribution in [2.45, 2.75) is 36.8 Å². The van der Waals surface area contributed by atoms with Crippen LogP contribution in [0.1, 0.15) is 35.9 Å². The lowest BCUT2D eigenvalue weighted by Crippen LogP contribution is -2.32. The van der Waals surface area contributed by atoms with Gasteiger partial charge in [0, 0.05) is 17.5 Å². The lowest BCUT2D eigenvalue weighted by molar-refractivity contribution is -0.118. The molecule has 118 valence electrons. The van der Waals surface area contributed by atoms with E-state index in [1.807, 2.05) is 37.3 Å². The van der Waals surface area contributed by atoms with Crippen molar-refractivity contribution in [1.82, 2.24) is 4.57 Å². The predicted molar refractivity (Wildman–Crippen MR) is 92.2 cm³/mol. The zero-order valence-electron chi connectivity index (χ0n) is 12.9. The number of anilines is 1. The van der Waals surface area contributed by atoms with Crippen LogP contribution in [0, 0.1) is 6.92 Å². The normalized spacial score (nSPS) is 19.4. The fourth-order valence-electron chi connectivity index (χ4n) is 3.21. The summed E-state index contributed by atoms with van der Waals surface area (Å²) in [5.41, 5.74) is 3.05. The van der Waals surface area contributed by atoms with Gasteiger partial charge in [-0.3, -0.25) is 14.2 Å². The molecule has 1 unspecified atom stereocenters. The van der Waals surface area contributed by atoms with Crippen LogP contribution in [0.2, 0.25) is 0 Å². The number of benzene rings is 1. The average Bonchev–Trinajstić information content (AvgIpc) is 3.25. The molecule has 1 aromatic carbocycles. The number of rotatable bonds is 3. The summed E-state index contributed by atoms with van der Waals surface area (Å²) in [6.45, 7) is 2.01. The molecule has 2 aromatic rings. The Balaban J connectivity index is 1.69. The van der Waals surface area contributed by atoms with E-state index >= 15 is 0 Å². The zero-order valence-corrected chi connectivity index (χ0v) is 13.7. The molecule has 1 aliphatic heterocycles. The number of aromatic nitrogens is 1. The van der Waals surface area contributed by atoms with Crippen LogP contribution < -0.4 is 10.9 Å². The first-order valence-electron chi connectivity index (χ1n) is 7.90. The van der Waals surface area contributed by atoms with Crippen LogP contribution in [0.15, 0.2) is 46.2 Å². The number of carbonyl (C=O) groups is 1. The minimum atomic E-state index is -0.430. The average molecular weight is 326 g/mol. The summed E-state index contributed by atoms with van der Waals surface area (Å²) in [6.07, 6.45) is 2.38. The van der Waals surface area contributed by atoms with Gasteiger partial charge in [-0.15, -0.1) is 11.8 Å². The fraction of sp³-hybridized carbons (Fsp3) is 0.333. The summed E-state index contributed by atoms with van der Waals surface area (Å²) in [5, 5.41) is 3.92. The van der Waals surface area contributed by atoms with E-state index in [9.17, 15) is 9.59 Å². The number of thioether (sulfide) groups is 1. The molecule has 2 aliphatic rings. The Morgan fingerprint density at radius 1 is 1.26 bits per heavy atom. The number of fused-ring (bicyclic) bond motifs is 1. The molecule has 1 aliphatic carbocycles. The highest BCUT2D eigenvalue weighted by molar-refractivity contribution is 7.99. The molecule has 23 heavy (non-hydrogen) atoms. The lowest BCUT2D eigenvalue weighted by Gasteiger charge is -2.16. The van der Waals surface area contributed by atoms with E-state index < -0.39 is 6.04 Å². The standard InChI is InChI=1S/C18H18N2O2S/c1-11-9-15(21)20-14(10-23-18(20)16(11)12-7-8-12)17(22)19-13-5-3-2-4-6-13/h2-6,9,12,14H,7-8,10H2,1H3,(H,19,22). The van der Waals surface area contributed by atoms with Crippen molar-refractivity contribution in [1.29, 1.82) is 0 Å². The van der Waals surface area contributed by atoms with E-state index in [0.717, 1.165) is 16.3 Å². The Morgan fingerprint density at radius 2 is 2.00 bits per heavy atom. The van der Waals surface area contributed by atoms with E-state index in [1.54, 1.807) is 22.4 Å². The number of aryl methyl sites for hydroxylation is 1. The predicted octanol–water partition coefficient (Wildman–Crippen LogP) is 3.32. The van der Waals surface area contributed by atoms with E-state index in [1.165, 1.54) is 18.4 Å². The third kappa shape index (κ3) is 2.59. The van der Waals surface area contributed by atoms with E-state index in [0.29, 0.717) is 11.7 Å². The van der Waals surface area contributed by atoms with Crippen LogP contribution in [-0.4, -0.2) is 16.2 Å². The van der Waals surface area contributed by atoms with Crippen molar-refractivity contribution in [3.8, 4) is 0 Å². The number of pyridine rings is 1. The van der Waals surface area contributed by atoms with E-state index in [2.05, 4.69) is 5.32 Å². The third-order valence-electron chi connectivity index (χ3n) is 4.47. The van der Waals surface area contributed by atoms with Gasteiger partial charge in [0.25, 0.3) is 5.56 Å². The van der Waals surface area contributed by atoms with Crippen LogP contribution in [-0.2, 0) is 4.79 Å². The molecule has 1 atom stereocenters. The number of hydrogen-bond donors (Lipinski definition) is 1. The second-order valence-corrected chi connectivity index (χ2v) is 7.22. The molecule has 0 saturated heterocycles. The number of carbonyl (C=O) groups excluding carboxylic acids is 1. The van der Waals surface area contributed by atoms with Crippen LogP contribution >= 0.6 is 11.8 Å². The maximum atomic E-state index is 12.6. The summed E-state index contributed by atoms with van der Waals surface area (Å²) in [4.78, 5) is 25.1. The molecule has 1 fully saturated rings. The Hall–Kier alpha value is -2.01. The lowest BCUT2D eigenvalue weighted by atomic mass is 10.1. The Bertz CT molecular complexity index is 825. The van der Waals surface area contributed by atoms with Crippen molar-refractivity contribution in [3.05, 3.63) is 57.9 Å². The number of nitrogens with one attached hydrogen (secondary N) is 1. The smallest absolute Gasteiger partial charge is 0.252 e. The summed E-state index contributed by atoms with van der Waals surface area (Å²) in [7, 11) is 0. The second-order valence-electron chi connectivity index (χ2n) is 6.21. The van der Waals surface area contributed by atoms with Crippen molar-refractivity contribution < 1.29 is 4.79 Å². The monoisotopic (exact) mass is 326 g/mol. The molecular formula is C18H18N2O2S. The second kappa shape index (κ2) is 5.57.